The monoisotopic (exact) mass is 343 g/mol. The molecule has 0 aliphatic heterocycles. The summed E-state index contributed by atoms with van der Waals surface area (Å²) in [5.74, 6) is 0.743. The van der Waals surface area contributed by atoms with Gasteiger partial charge >= 0.3 is 0 Å². The lowest BCUT2D eigenvalue weighted by atomic mass is 9.78. The molecule has 4 heteroatoms. The molecule has 0 heterocycles. The highest BCUT2D eigenvalue weighted by molar-refractivity contribution is 6.30. The molecule has 0 unspecified atom stereocenters. The van der Waals surface area contributed by atoms with Crippen molar-refractivity contribution in [2.75, 3.05) is 11.9 Å². The molecule has 1 amide bonds. The van der Waals surface area contributed by atoms with Crippen LogP contribution in [-0.2, 0) is 10.2 Å². The van der Waals surface area contributed by atoms with Crippen molar-refractivity contribution in [3.63, 3.8) is 0 Å². The molecule has 2 aromatic carbocycles. The number of hydrogen-bond acceptors (Lipinski definition) is 2. The summed E-state index contributed by atoms with van der Waals surface area (Å²) in [5, 5.41) is 3.78. The van der Waals surface area contributed by atoms with Gasteiger partial charge in [0, 0.05) is 5.02 Å². The van der Waals surface area contributed by atoms with Gasteiger partial charge in [0.25, 0.3) is 0 Å². The van der Waals surface area contributed by atoms with Gasteiger partial charge in [0.2, 0.25) is 5.91 Å². The van der Waals surface area contributed by atoms with E-state index in [9.17, 15) is 4.79 Å². The third kappa shape index (κ3) is 3.27. The highest BCUT2D eigenvalue weighted by Crippen LogP contribution is 2.42. The average Bonchev–Trinajstić information content (AvgIpc) is 3.08. The van der Waals surface area contributed by atoms with E-state index in [0.717, 1.165) is 36.9 Å². The van der Waals surface area contributed by atoms with E-state index in [1.165, 1.54) is 0 Å². The topological polar surface area (TPSA) is 38.3 Å². The number of para-hydroxylation sites is 2. The zero-order chi connectivity index (χ0) is 17.0. The maximum Gasteiger partial charge on any atom is 0.235 e. The van der Waals surface area contributed by atoms with Crippen LogP contribution in [0.1, 0.15) is 38.2 Å². The molecule has 0 radical (unpaired) electrons. The van der Waals surface area contributed by atoms with Crippen molar-refractivity contribution in [3.8, 4) is 5.75 Å². The van der Waals surface area contributed by atoms with Gasteiger partial charge in [-0.25, -0.2) is 0 Å². The number of anilines is 1. The molecule has 1 fully saturated rings. The molecule has 0 atom stereocenters. The number of rotatable bonds is 5. The van der Waals surface area contributed by atoms with Crippen molar-refractivity contribution in [2.24, 2.45) is 0 Å². The van der Waals surface area contributed by atoms with E-state index in [4.69, 9.17) is 16.3 Å². The first-order chi connectivity index (χ1) is 11.7. The van der Waals surface area contributed by atoms with Crippen molar-refractivity contribution >= 4 is 23.2 Å². The number of hydrogen-bond donors (Lipinski definition) is 1. The first-order valence-corrected chi connectivity index (χ1v) is 8.83. The van der Waals surface area contributed by atoms with Gasteiger partial charge in [-0.3, -0.25) is 4.79 Å². The molecule has 3 rings (SSSR count). The molecule has 1 aliphatic carbocycles. The van der Waals surface area contributed by atoms with E-state index in [2.05, 4.69) is 5.32 Å². The first kappa shape index (κ1) is 16.8. The zero-order valence-corrected chi connectivity index (χ0v) is 14.6. The Morgan fingerprint density at radius 3 is 2.46 bits per heavy atom. The van der Waals surface area contributed by atoms with Crippen LogP contribution in [0.5, 0.6) is 5.75 Å². The zero-order valence-electron chi connectivity index (χ0n) is 13.8. The maximum atomic E-state index is 13.2. The summed E-state index contributed by atoms with van der Waals surface area (Å²) >= 11 is 6.01. The Morgan fingerprint density at radius 2 is 1.79 bits per heavy atom. The van der Waals surface area contributed by atoms with Crippen molar-refractivity contribution in [2.45, 2.75) is 38.0 Å². The van der Waals surface area contributed by atoms with E-state index in [1.54, 1.807) is 0 Å². The Balaban J connectivity index is 1.90. The molecule has 3 nitrogen and oxygen atoms in total. The molecule has 1 N–H and O–H groups in total. The van der Waals surface area contributed by atoms with E-state index in [-0.39, 0.29) is 5.91 Å². The van der Waals surface area contributed by atoms with Crippen LogP contribution < -0.4 is 10.1 Å². The number of ether oxygens (including phenoxy) is 1. The number of carbonyl (C=O) groups excluding carboxylic acids is 1. The maximum absolute atomic E-state index is 13.2. The lowest BCUT2D eigenvalue weighted by Gasteiger charge is -2.28. The van der Waals surface area contributed by atoms with E-state index in [0.29, 0.717) is 17.4 Å². The van der Waals surface area contributed by atoms with E-state index < -0.39 is 5.41 Å². The normalized spacial score (nSPS) is 15.9. The summed E-state index contributed by atoms with van der Waals surface area (Å²) in [6.45, 7) is 2.50. The Labute approximate surface area is 148 Å². The minimum atomic E-state index is -0.482. The van der Waals surface area contributed by atoms with Crippen molar-refractivity contribution in [1.29, 1.82) is 0 Å². The van der Waals surface area contributed by atoms with Gasteiger partial charge in [-0.2, -0.15) is 0 Å². The van der Waals surface area contributed by atoms with Crippen LogP contribution in [0.4, 0.5) is 5.69 Å². The number of halogens is 1. The molecule has 2 aromatic rings. The molecule has 126 valence electrons. The lowest BCUT2D eigenvalue weighted by Crippen LogP contribution is -2.38. The van der Waals surface area contributed by atoms with Gasteiger partial charge in [0.1, 0.15) is 5.75 Å². The second kappa shape index (κ2) is 7.27. The molecule has 1 aliphatic rings. The second-order valence-electron chi connectivity index (χ2n) is 6.18. The fourth-order valence-corrected chi connectivity index (χ4v) is 3.61. The molecule has 24 heavy (non-hydrogen) atoms. The summed E-state index contributed by atoms with van der Waals surface area (Å²) in [4.78, 5) is 13.2. The fourth-order valence-electron chi connectivity index (χ4n) is 3.49. The van der Waals surface area contributed by atoms with Gasteiger partial charge in [-0.05, 0) is 49.6 Å². The SMILES string of the molecule is CCOc1ccccc1NC(=O)C1(c2ccc(Cl)cc2)CCCC1. The molecular formula is C20H22ClNO2. The van der Waals surface area contributed by atoms with Crippen LogP contribution in [0, 0.1) is 0 Å². The van der Waals surface area contributed by atoms with Crippen molar-refractivity contribution < 1.29 is 9.53 Å². The lowest BCUT2D eigenvalue weighted by molar-refractivity contribution is -0.121. The average molecular weight is 344 g/mol. The Morgan fingerprint density at radius 1 is 1.12 bits per heavy atom. The first-order valence-electron chi connectivity index (χ1n) is 8.45. The Bertz CT molecular complexity index is 706. The molecule has 0 bridgehead atoms. The van der Waals surface area contributed by atoms with Crippen LogP contribution in [0.2, 0.25) is 5.02 Å². The summed E-state index contributed by atoms with van der Waals surface area (Å²) in [6.07, 6.45) is 3.83. The highest BCUT2D eigenvalue weighted by Gasteiger charge is 2.42. The van der Waals surface area contributed by atoms with Crippen LogP contribution in [0.25, 0.3) is 0 Å². The predicted octanol–water partition coefficient (Wildman–Crippen LogP) is 5.19. The summed E-state index contributed by atoms with van der Waals surface area (Å²) in [5.41, 5.74) is 1.28. The summed E-state index contributed by atoms with van der Waals surface area (Å²) in [6, 6.07) is 15.2. The number of benzene rings is 2. The number of carbonyl (C=O) groups is 1. The minimum absolute atomic E-state index is 0.0366. The second-order valence-corrected chi connectivity index (χ2v) is 6.62. The van der Waals surface area contributed by atoms with Gasteiger partial charge in [0.05, 0.1) is 17.7 Å². The quantitative estimate of drug-likeness (QED) is 0.811. The van der Waals surface area contributed by atoms with Crippen LogP contribution >= 0.6 is 11.6 Å². The van der Waals surface area contributed by atoms with E-state index in [1.807, 2.05) is 55.5 Å². The van der Waals surface area contributed by atoms with Crippen LogP contribution in [0.15, 0.2) is 48.5 Å². The Kier molecular flexibility index (Phi) is 5.10. The van der Waals surface area contributed by atoms with Crippen LogP contribution in [0.3, 0.4) is 0 Å². The van der Waals surface area contributed by atoms with Crippen LogP contribution in [-0.4, -0.2) is 12.5 Å². The Hall–Kier alpha value is -2.00. The van der Waals surface area contributed by atoms with E-state index >= 15 is 0 Å². The largest absolute Gasteiger partial charge is 0.492 e. The predicted molar refractivity (Wildman–Crippen MR) is 97.8 cm³/mol. The van der Waals surface area contributed by atoms with Gasteiger partial charge in [-0.15, -0.1) is 0 Å². The summed E-state index contributed by atoms with van der Waals surface area (Å²) < 4.78 is 5.62. The minimum Gasteiger partial charge on any atom is -0.492 e. The highest BCUT2D eigenvalue weighted by atomic mass is 35.5. The molecular weight excluding hydrogens is 322 g/mol. The van der Waals surface area contributed by atoms with Gasteiger partial charge in [0.15, 0.2) is 0 Å². The van der Waals surface area contributed by atoms with Crippen molar-refractivity contribution in [3.05, 3.63) is 59.1 Å². The molecule has 1 saturated carbocycles. The third-order valence-corrected chi connectivity index (χ3v) is 4.98. The van der Waals surface area contributed by atoms with Crippen molar-refractivity contribution in [1.82, 2.24) is 0 Å². The fraction of sp³-hybridized carbons (Fsp3) is 0.350. The number of nitrogens with one attached hydrogen (secondary N) is 1. The third-order valence-electron chi connectivity index (χ3n) is 4.72. The summed E-state index contributed by atoms with van der Waals surface area (Å²) in [7, 11) is 0. The number of amides is 1. The molecule has 0 saturated heterocycles. The molecule has 0 aromatic heterocycles. The molecule has 0 spiro atoms. The smallest absolute Gasteiger partial charge is 0.235 e. The standard InChI is InChI=1S/C20H22ClNO2/c1-2-24-18-8-4-3-7-17(18)22-19(23)20(13-5-6-14-20)15-9-11-16(21)12-10-15/h3-4,7-12H,2,5-6,13-14H2,1H3,(H,22,23). The van der Waals surface area contributed by atoms with Gasteiger partial charge < -0.3 is 10.1 Å². The van der Waals surface area contributed by atoms with Gasteiger partial charge in [-0.1, -0.05) is 48.7 Å².